The fourth-order valence-electron chi connectivity index (χ4n) is 2.10. The van der Waals surface area contributed by atoms with Gasteiger partial charge in [-0.05, 0) is 24.3 Å². The molecule has 96 valence electrons. The second kappa shape index (κ2) is 4.64. The Morgan fingerprint density at radius 2 is 1.89 bits per heavy atom. The van der Waals surface area contributed by atoms with Gasteiger partial charge in [0.15, 0.2) is 0 Å². The van der Waals surface area contributed by atoms with Crippen molar-refractivity contribution in [2.75, 3.05) is 0 Å². The van der Waals surface area contributed by atoms with E-state index in [2.05, 4.69) is 4.98 Å². The Labute approximate surface area is 114 Å². The monoisotopic (exact) mass is 275 g/mol. The van der Waals surface area contributed by atoms with Crippen LogP contribution in [0.3, 0.4) is 0 Å². The fraction of sp³-hybridized carbons (Fsp3) is 0.0714. The number of hydrogen-bond acceptors (Lipinski definition) is 2. The summed E-state index contributed by atoms with van der Waals surface area (Å²) in [6.07, 6.45) is 1.39. The van der Waals surface area contributed by atoms with Crippen molar-refractivity contribution in [3.63, 3.8) is 0 Å². The maximum absolute atomic E-state index is 13.3. The Morgan fingerprint density at radius 1 is 1.16 bits per heavy atom. The Bertz CT molecular complexity index is 734. The van der Waals surface area contributed by atoms with Crippen molar-refractivity contribution < 1.29 is 4.39 Å². The molecule has 1 aromatic carbocycles. The minimum Gasteiger partial charge on any atom is -0.325 e. The molecule has 2 aromatic heterocycles. The number of fused-ring (bicyclic) bond motifs is 1. The summed E-state index contributed by atoms with van der Waals surface area (Å²) < 4.78 is 15.0. The molecule has 3 aromatic rings. The number of halogens is 2. The molecule has 0 aliphatic heterocycles. The Hall–Kier alpha value is -1.91. The zero-order valence-corrected chi connectivity index (χ0v) is 10.7. The summed E-state index contributed by atoms with van der Waals surface area (Å²) in [7, 11) is 0. The quantitative estimate of drug-likeness (QED) is 0.780. The molecule has 3 rings (SSSR count). The molecular weight excluding hydrogens is 265 g/mol. The van der Waals surface area contributed by atoms with Crippen LogP contribution in [0, 0.1) is 5.82 Å². The first-order chi connectivity index (χ1) is 9.19. The highest BCUT2D eigenvalue weighted by atomic mass is 35.5. The van der Waals surface area contributed by atoms with Crippen LogP contribution >= 0.6 is 11.6 Å². The molecule has 0 aliphatic carbocycles. The summed E-state index contributed by atoms with van der Waals surface area (Å²) in [4.78, 5) is 4.50. The van der Waals surface area contributed by atoms with Crippen molar-refractivity contribution in [1.82, 2.24) is 9.38 Å². The van der Waals surface area contributed by atoms with E-state index >= 15 is 0 Å². The number of hydrogen-bond donors (Lipinski definition) is 1. The van der Waals surface area contributed by atoms with Crippen LogP contribution in [-0.2, 0) is 6.54 Å². The molecule has 0 saturated carbocycles. The maximum atomic E-state index is 13.3. The summed E-state index contributed by atoms with van der Waals surface area (Å²) in [6, 6.07) is 10.4. The van der Waals surface area contributed by atoms with E-state index in [-0.39, 0.29) is 12.4 Å². The van der Waals surface area contributed by atoms with Crippen molar-refractivity contribution in [3.8, 4) is 11.3 Å². The highest BCUT2D eigenvalue weighted by Gasteiger charge is 2.13. The van der Waals surface area contributed by atoms with E-state index in [0.717, 1.165) is 17.0 Å². The lowest BCUT2D eigenvalue weighted by molar-refractivity contribution is 0.618. The molecule has 2 N–H and O–H groups in total. The normalized spacial score (nSPS) is 11.1. The third-order valence-electron chi connectivity index (χ3n) is 2.99. The predicted octanol–water partition coefficient (Wildman–Crippen LogP) is 3.25. The van der Waals surface area contributed by atoms with Crippen molar-refractivity contribution in [2.45, 2.75) is 6.54 Å². The number of rotatable bonds is 2. The molecule has 19 heavy (non-hydrogen) atoms. The van der Waals surface area contributed by atoms with Crippen LogP contribution in [0.25, 0.3) is 16.9 Å². The van der Waals surface area contributed by atoms with E-state index in [1.165, 1.54) is 12.3 Å². The van der Waals surface area contributed by atoms with E-state index in [9.17, 15) is 4.39 Å². The third kappa shape index (κ3) is 2.09. The van der Waals surface area contributed by atoms with Gasteiger partial charge in [-0.25, -0.2) is 9.37 Å². The number of nitrogens with two attached hydrogens (primary N) is 1. The van der Waals surface area contributed by atoms with E-state index < -0.39 is 0 Å². The third-order valence-corrected chi connectivity index (χ3v) is 3.24. The van der Waals surface area contributed by atoms with Gasteiger partial charge >= 0.3 is 0 Å². The van der Waals surface area contributed by atoms with Crippen LogP contribution in [0.5, 0.6) is 0 Å². The maximum Gasteiger partial charge on any atom is 0.139 e. The summed E-state index contributed by atoms with van der Waals surface area (Å²) in [5, 5.41) is 0.660. The molecule has 2 heterocycles. The first-order valence-electron chi connectivity index (χ1n) is 5.81. The number of imidazole rings is 1. The molecule has 0 bridgehead atoms. The van der Waals surface area contributed by atoms with Gasteiger partial charge in [-0.2, -0.15) is 0 Å². The second-order valence-electron chi connectivity index (χ2n) is 4.19. The van der Waals surface area contributed by atoms with Gasteiger partial charge < -0.3 is 5.73 Å². The number of pyridine rings is 1. The van der Waals surface area contributed by atoms with Crippen molar-refractivity contribution in [3.05, 3.63) is 59.1 Å². The van der Waals surface area contributed by atoms with E-state index in [1.54, 1.807) is 22.6 Å². The molecule has 0 saturated heterocycles. The van der Waals surface area contributed by atoms with Crippen LogP contribution in [0.2, 0.25) is 5.02 Å². The topological polar surface area (TPSA) is 43.3 Å². The van der Waals surface area contributed by atoms with Gasteiger partial charge in [-0.15, -0.1) is 0 Å². The molecule has 0 atom stereocenters. The van der Waals surface area contributed by atoms with Gasteiger partial charge in [0.2, 0.25) is 0 Å². The van der Waals surface area contributed by atoms with Crippen LogP contribution in [0.1, 0.15) is 5.69 Å². The van der Waals surface area contributed by atoms with E-state index in [4.69, 9.17) is 17.3 Å². The molecular formula is C14H11ClFN3. The highest BCUT2D eigenvalue weighted by Crippen LogP contribution is 2.25. The lowest BCUT2D eigenvalue weighted by atomic mass is 10.1. The second-order valence-corrected chi connectivity index (χ2v) is 4.63. The minimum absolute atomic E-state index is 0.280. The molecule has 0 fully saturated rings. The van der Waals surface area contributed by atoms with E-state index in [0.29, 0.717) is 10.7 Å². The molecule has 0 radical (unpaired) electrons. The Balaban J connectivity index is 2.25. The Morgan fingerprint density at radius 3 is 2.58 bits per heavy atom. The van der Waals surface area contributed by atoms with Crippen molar-refractivity contribution in [2.24, 2.45) is 5.73 Å². The largest absolute Gasteiger partial charge is 0.325 e. The number of benzene rings is 1. The SMILES string of the molecule is NCc1c(-c2ccc(Cl)cc2)nc2ccc(F)cn12. The average molecular weight is 276 g/mol. The van der Waals surface area contributed by atoms with Crippen LogP contribution in [-0.4, -0.2) is 9.38 Å². The average Bonchev–Trinajstić information content (AvgIpc) is 2.77. The Kier molecular flexibility index (Phi) is 2.97. The summed E-state index contributed by atoms with van der Waals surface area (Å²) >= 11 is 5.87. The summed E-state index contributed by atoms with van der Waals surface area (Å²) in [5.41, 5.74) is 8.88. The smallest absolute Gasteiger partial charge is 0.139 e. The lowest BCUT2D eigenvalue weighted by Crippen LogP contribution is -2.02. The summed E-state index contributed by atoms with van der Waals surface area (Å²) in [5.74, 6) is -0.317. The molecule has 0 spiro atoms. The zero-order chi connectivity index (χ0) is 13.4. The minimum atomic E-state index is -0.317. The first-order valence-corrected chi connectivity index (χ1v) is 6.19. The molecule has 0 unspecified atom stereocenters. The predicted molar refractivity (Wildman–Crippen MR) is 73.5 cm³/mol. The van der Waals surface area contributed by atoms with Gasteiger partial charge in [-0.1, -0.05) is 23.7 Å². The standard InChI is InChI=1S/C14H11ClFN3/c15-10-3-1-9(2-4-10)14-12(7-17)19-8-11(16)5-6-13(19)18-14/h1-6,8H,7,17H2. The van der Waals surface area contributed by atoms with Gasteiger partial charge in [0.05, 0.1) is 11.4 Å². The lowest BCUT2D eigenvalue weighted by Gasteiger charge is -2.02. The molecule has 0 aliphatic rings. The number of nitrogens with zero attached hydrogens (tertiary/aromatic N) is 2. The number of aromatic nitrogens is 2. The van der Waals surface area contributed by atoms with Crippen molar-refractivity contribution in [1.29, 1.82) is 0 Å². The van der Waals surface area contributed by atoms with Crippen LogP contribution < -0.4 is 5.73 Å². The fourth-order valence-corrected chi connectivity index (χ4v) is 2.23. The van der Waals surface area contributed by atoms with Gasteiger partial charge in [0.1, 0.15) is 11.5 Å². The highest BCUT2D eigenvalue weighted by molar-refractivity contribution is 6.30. The van der Waals surface area contributed by atoms with E-state index in [1.807, 2.05) is 12.1 Å². The van der Waals surface area contributed by atoms with Gasteiger partial charge in [-0.3, -0.25) is 4.40 Å². The first kappa shape index (κ1) is 12.1. The van der Waals surface area contributed by atoms with Gasteiger partial charge in [0, 0.05) is 23.3 Å². The molecule has 5 heteroatoms. The van der Waals surface area contributed by atoms with Crippen LogP contribution in [0.4, 0.5) is 4.39 Å². The zero-order valence-electron chi connectivity index (χ0n) is 9.98. The summed E-state index contributed by atoms with van der Waals surface area (Å²) in [6.45, 7) is 0.280. The van der Waals surface area contributed by atoms with Crippen molar-refractivity contribution >= 4 is 17.2 Å². The molecule has 3 nitrogen and oxygen atoms in total. The molecule has 0 amide bonds. The van der Waals surface area contributed by atoms with Gasteiger partial charge in [0.25, 0.3) is 0 Å². The van der Waals surface area contributed by atoms with Crippen LogP contribution in [0.15, 0.2) is 42.6 Å².